The Hall–Kier alpha value is -2.20. The lowest BCUT2D eigenvalue weighted by Gasteiger charge is -2.35. The van der Waals surface area contributed by atoms with Crippen LogP contribution in [0.1, 0.15) is 12.5 Å². The van der Waals surface area contributed by atoms with Crippen LogP contribution in [0.2, 0.25) is 5.02 Å². The van der Waals surface area contributed by atoms with Crippen LogP contribution >= 0.6 is 11.6 Å². The highest BCUT2D eigenvalue weighted by atomic mass is 35.5. The van der Waals surface area contributed by atoms with E-state index in [0.717, 1.165) is 11.3 Å². The molecule has 0 bridgehead atoms. The first kappa shape index (κ1) is 15.7. The Labute approximate surface area is 140 Å². The summed E-state index contributed by atoms with van der Waals surface area (Å²) < 4.78 is 10.9. The van der Waals surface area contributed by atoms with Gasteiger partial charge in [0.2, 0.25) is 6.10 Å². The van der Waals surface area contributed by atoms with Gasteiger partial charge in [-0.2, -0.15) is 0 Å². The van der Waals surface area contributed by atoms with Crippen LogP contribution in [0.4, 0.5) is 5.69 Å². The van der Waals surface area contributed by atoms with Crippen molar-refractivity contribution in [2.24, 2.45) is 0 Å². The van der Waals surface area contributed by atoms with Gasteiger partial charge < -0.3 is 14.4 Å². The monoisotopic (exact) mass is 331 g/mol. The van der Waals surface area contributed by atoms with Crippen molar-refractivity contribution in [3.05, 3.63) is 59.1 Å². The van der Waals surface area contributed by atoms with E-state index in [0.29, 0.717) is 30.5 Å². The number of carbonyl (C=O) groups is 1. The zero-order valence-electron chi connectivity index (χ0n) is 12.9. The minimum absolute atomic E-state index is 0.338. The quantitative estimate of drug-likeness (QED) is 0.801. The van der Waals surface area contributed by atoms with Crippen LogP contribution in [0.25, 0.3) is 0 Å². The minimum Gasteiger partial charge on any atom is -0.475 e. The fourth-order valence-electron chi connectivity index (χ4n) is 2.64. The Morgan fingerprint density at radius 2 is 2.09 bits per heavy atom. The molecule has 0 fully saturated rings. The van der Waals surface area contributed by atoms with E-state index in [1.807, 2.05) is 24.3 Å². The molecule has 1 aliphatic heterocycles. The Balaban J connectivity index is 1.89. The second-order valence-electron chi connectivity index (χ2n) is 5.34. The fourth-order valence-corrected chi connectivity index (χ4v) is 2.80. The van der Waals surface area contributed by atoms with Crippen LogP contribution in [0.15, 0.2) is 48.5 Å². The smallest absolute Gasteiger partial charge is 0.349 e. The number of hydrogen-bond acceptors (Lipinski definition) is 4. The first-order chi connectivity index (χ1) is 11.2. The van der Waals surface area contributed by atoms with E-state index >= 15 is 0 Å². The summed E-state index contributed by atoms with van der Waals surface area (Å²) in [6.07, 6.45) is -0.632. The minimum atomic E-state index is -0.632. The molecule has 0 radical (unpaired) electrons. The van der Waals surface area contributed by atoms with Crippen molar-refractivity contribution in [2.45, 2.75) is 19.6 Å². The van der Waals surface area contributed by atoms with Crippen molar-refractivity contribution in [2.75, 3.05) is 18.1 Å². The third-order valence-corrected chi connectivity index (χ3v) is 3.92. The van der Waals surface area contributed by atoms with Crippen LogP contribution in [-0.4, -0.2) is 25.2 Å². The van der Waals surface area contributed by atoms with Gasteiger partial charge >= 0.3 is 5.97 Å². The number of rotatable bonds is 4. The van der Waals surface area contributed by atoms with E-state index in [4.69, 9.17) is 21.1 Å². The molecular formula is C18H18ClNO3. The lowest BCUT2D eigenvalue weighted by atomic mass is 10.1. The molecule has 23 heavy (non-hydrogen) atoms. The molecule has 2 aromatic carbocycles. The lowest BCUT2D eigenvalue weighted by Crippen LogP contribution is -2.45. The molecule has 0 saturated carbocycles. The summed E-state index contributed by atoms with van der Waals surface area (Å²) in [7, 11) is 0. The summed E-state index contributed by atoms with van der Waals surface area (Å²) in [5, 5.41) is 0.639. The molecule has 0 aromatic heterocycles. The standard InChI is InChI=1S/C18H18ClNO3/c1-2-22-18(21)17-12-20(11-13-6-4-3-5-7-13)15-10-14(19)8-9-16(15)23-17/h3-10,17H,2,11-12H2,1H3. The number of esters is 1. The van der Waals surface area contributed by atoms with Crippen LogP contribution in [0.3, 0.4) is 0 Å². The van der Waals surface area contributed by atoms with E-state index in [1.54, 1.807) is 19.1 Å². The number of hydrogen-bond donors (Lipinski definition) is 0. The summed E-state index contributed by atoms with van der Waals surface area (Å²) in [6, 6.07) is 15.5. The SMILES string of the molecule is CCOC(=O)C1CN(Cc2ccccc2)c2cc(Cl)ccc2O1. The van der Waals surface area contributed by atoms with E-state index < -0.39 is 6.10 Å². The van der Waals surface area contributed by atoms with Crippen molar-refractivity contribution >= 4 is 23.3 Å². The highest BCUT2D eigenvalue weighted by Crippen LogP contribution is 2.36. The summed E-state index contributed by atoms with van der Waals surface area (Å²) in [4.78, 5) is 14.2. The Morgan fingerprint density at radius 1 is 1.30 bits per heavy atom. The summed E-state index contributed by atoms with van der Waals surface area (Å²) >= 11 is 6.12. The number of carbonyl (C=O) groups excluding carboxylic acids is 1. The normalized spacial score (nSPS) is 16.4. The van der Waals surface area contributed by atoms with Gasteiger partial charge in [-0.1, -0.05) is 41.9 Å². The molecule has 2 aromatic rings. The van der Waals surface area contributed by atoms with Gasteiger partial charge in [-0.05, 0) is 30.7 Å². The third-order valence-electron chi connectivity index (χ3n) is 3.68. The highest BCUT2D eigenvalue weighted by Gasteiger charge is 2.31. The number of nitrogens with zero attached hydrogens (tertiary/aromatic N) is 1. The van der Waals surface area contributed by atoms with Gasteiger partial charge in [0.25, 0.3) is 0 Å². The van der Waals surface area contributed by atoms with Gasteiger partial charge in [-0.25, -0.2) is 4.79 Å². The summed E-state index contributed by atoms with van der Waals surface area (Å²) in [6.45, 7) is 3.23. The van der Waals surface area contributed by atoms with Crippen LogP contribution < -0.4 is 9.64 Å². The predicted octanol–water partition coefficient (Wildman–Crippen LogP) is 3.67. The van der Waals surface area contributed by atoms with E-state index in [-0.39, 0.29) is 5.97 Å². The van der Waals surface area contributed by atoms with Crippen molar-refractivity contribution in [1.82, 2.24) is 0 Å². The number of anilines is 1. The van der Waals surface area contributed by atoms with Crippen molar-refractivity contribution in [1.29, 1.82) is 0 Å². The first-order valence-electron chi connectivity index (χ1n) is 7.59. The van der Waals surface area contributed by atoms with E-state index in [9.17, 15) is 4.79 Å². The molecule has 3 rings (SSSR count). The van der Waals surface area contributed by atoms with Crippen LogP contribution in [-0.2, 0) is 16.1 Å². The molecule has 1 atom stereocenters. The van der Waals surface area contributed by atoms with Gasteiger partial charge in [0.05, 0.1) is 18.8 Å². The number of ether oxygens (including phenoxy) is 2. The second kappa shape index (κ2) is 6.92. The molecular weight excluding hydrogens is 314 g/mol. The van der Waals surface area contributed by atoms with Gasteiger partial charge in [-0.15, -0.1) is 0 Å². The Morgan fingerprint density at radius 3 is 2.83 bits per heavy atom. The van der Waals surface area contributed by atoms with Gasteiger partial charge in [-0.3, -0.25) is 0 Å². The fraction of sp³-hybridized carbons (Fsp3) is 0.278. The zero-order valence-corrected chi connectivity index (χ0v) is 13.6. The molecule has 0 amide bonds. The summed E-state index contributed by atoms with van der Waals surface area (Å²) in [5.74, 6) is 0.306. The van der Waals surface area contributed by atoms with Crippen molar-refractivity contribution in [3.8, 4) is 5.75 Å². The molecule has 0 N–H and O–H groups in total. The maximum Gasteiger partial charge on any atom is 0.349 e. The number of halogens is 1. The number of benzene rings is 2. The number of fused-ring (bicyclic) bond motifs is 1. The van der Waals surface area contributed by atoms with E-state index in [1.165, 1.54) is 0 Å². The Bertz CT molecular complexity index is 690. The first-order valence-corrected chi connectivity index (χ1v) is 7.97. The molecule has 1 aliphatic rings. The molecule has 0 spiro atoms. The molecule has 1 unspecified atom stereocenters. The molecule has 0 saturated heterocycles. The molecule has 0 aliphatic carbocycles. The Kier molecular flexibility index (Phi) is 4.72. The van der Waals surface area contributed by atoms with Gasteiger partial charge in [0.1, 0.15) is 5.75 Å². The van der Waals surface area contributed by atoms with Crippen LogP contribution in [0, 0.1) is 0 Å². The maximum absolute atomic E-state index is 12.1. The van der Waals surface area contributed by atoms with Gasteiger partial charge in [0, 0.05) is 11.6 Å². The zero-order chi connectivity index (χ0) is 16.2. The average Bonchev–Trinajstić information content (AvgIpc) is 2.56. The molecule has 5 heteroatoms. The molecule has 120 valence electrons. The van der Waals surface area contributed by atoms with Gasteiger partial charge in [0.15, 0.2) is 0 Å². The molecule has 4 nitrogen and oxygen atoms in total. The lowest BCUT2D eigenvalue weighted by molar-refractivity contribution is -0.151. The largest absolute Gasteiger partial charge is 0.475 e. The molecule has 1 heterocycles. The predicted molar refractivity (Wildman–Crippen MR) is 90.0 cm³/mol. The third kappa shape index (κ3) is 3.59. The maximum atomic E-state index is 12.1. The highest BCUT2D eigenvalue weighted by molar-refractivity contribution is 6.31. The average molecular weight is 332 g/mol. The van der Waals surface area contributed by atoms with Crippen LogP contribution in [0.5, 0.6) is 5.75 Å². The topological polar surface area (TPSA) is 38.8 Å². The van der Waals surface area contributed by atoms with Crippen molar-refractivity contribution < 1.29 is 14.3 Å². The van der Waals surface area contributed by atoms with E-state index in [2.05, 4.69) is 17.0 Å². The second-order valence-corrected chi connectivity index (χ2v) is 5.77. The van der Waals surface area contributed by atoms with Crippen molar-refractivity contribution in [3.63, 3.8) is 0 Å². The summed E-state index contributed by atoms with van der Waals surface area (Å²) in [5.41, 5.74) is 2.05.